The number of anilines is 1. The van der Waals surface area contributed by atoms with Crippen molar-refractivity contribution in [3.05, 3.63) is 18.2 Å². The molecule has 5 atom stereocenters. The summed E-state index contributed by atoms with van der Waals surface area (Å²) in [4.78, 5) is 35.5. The summed E-state index contributed by atoms with van der Waals surface area (Å²) < 4.78 is 35.8. The number of alkyl halides is 3. The monoisotopic (exact) mass is 584 g/mol. The van der Waals surface area contributed by atoms with Crippen LogP contribution in [0.3, 0.4) is 0 Å². The van der Waals surface area contributed by atoms with Gasteiger partial charge in [0, 0.05) is 26.8 Å². The van der Waals surface area contributed by atoms with E-state index in [1.165, 1.54) is 21.1 Å². The topological polar surface area (TPSA) is 152 Å². The minimum absolute atomic E-state index is 0.321. The van der Waals surface area contributed by atoms with Gasteiger partial charge < -0.3 is 38.5 Å². The zero-order chi connectivity index (χ0) is 27.9. The van der Waals surface area contributed by atoms with Crippen molar-refractivity contribution in [1.29, 1.82) is 5.41 Å². The van der Waals surface area contributed by atoms with Crippen LogP contribution in [0.1, 0.15) is 20.8 Å². The van der Waals surface area contributed by atoms with Gasteiger partial charge in [-0.2, -0.15) is 0 Å². The second kappa shape index (κ2) is 13.2. The molecular formula is C22H27Cl3N2O10. The quantitative estimate of drug-likeness (QED) is 0.145. The highest BCUT2D eigenvalue weighted by Gasteiger charge is 2.52. The van der Waals surface area contributed by atoms with Crippen molar-refractivity contribution in [1.82, 2.24) is 0 Å². The maximum absolute atomic E-state index is 12.1. The van der Waals surface area contributed by atoms with E-state index in [-0.39, 0.29) is 0 Å². The number of carbonyl (C=O) groups is 3. The Morgan fingerprint density at radius 1 is 0.973 bits per heavy atom. The molecule has 2 rings (SSSR count). The van der Waals surface area contributed by atoms with Gasteiger partial charge >= 0.3 is 17.9 Å². The number of methoxy groups -OCH3 is 2. The number of nitrogens with one attached hydrogen (secondary N) is 2. The largest absolute Gasteiger partial charge is 0.497 e. The number of esters is 3. The number of benzene rings is 1. The summed E-state index contributed by atoms with van der Waals surface area (Å²) in [5, 5.41) is 11.1. The number of carbonyl (C=O) groups excluding carboxylic acids is 3. The molecule has 0 unspecified atom stereocenters. The van der Waals surface area contributed by atoms with Gasteiger partial charge in [0.25, 0.3) is 3.79 Å². The van der Waals surface area contributed by atoms with Gasteiger partial charge in [-0.15, -0.1) is 0 Å². The smallest absolute Gasteiger partial charge is 0.303 e. The Morgan fingerprint density at radius 2 is 1.59 bits per heavy atom. The number of rotatable bonds is 9. The first-order valence-electron chi connectivity index (χ1n) is 10.7. The van der Waals surface area contributed by atoms with E-state index in [1.807, 2.05) is 0 Å². The normalized spacial score (nSPS) is 23.3. The predicted molar refractivity (Wildman–Crippen MR) is 132 cm³/mol. The number of ether oxygens (including phenoxy) is 7. The van der Waals surface area contributed by atoms with Crippen LogP contribution >= 0.6 is 34.8 Å². The molecule has 1 aliphatic rings. The standard InChI is InChI=1S/C22H27Cl3N2O10/c1-10(28)33-9-16-18(34-11(2)29)19(35-12(3)30)17(20(36-16)37-21(26)22(23,24)25)27-14-7-6-13(31-4)8-15(14)32-5/h6-8,16-20,26-27H,9H2,1-5H3/t16-,17-,18-,19-,20-/m1/s1. The third kappa shape index (κ3) is 8.70. The summed E-state index contributed by atoms with van der Waals surface area (Å²) in [7, 11) is 2.90. The molecule has 1 heterocycles. The minimum Gasteiger partial charge on any atom is -0.497 e. The van der Waals surface area contributed by atoms with E-state index >= 15 is 0 Å². The molecule has 1 aliphatic heterocycles. The Hall–Kier alpha value is -2.67. The van der Waals surface area contributed by atoms with Crippen LogP contribution in [-0.4, -0.2) is 79.1 Å². The fourth-order valence-corrected chi connectivity index (χ4v) is 3.57. The summed E-state index contributed by atoms with van der Waals surface area (Å²) in [6, 6.07) is 3.64. The van der Waals surface area contributed by atoms with Crippen molar-refractivity contribution in [2.24, 2.45) is 0 Å². The third-order valence-corrected chi connectivity index (χ3v) is 5.44. The summed E-state index contributed by atoms with van der Waals surface area (Å²) in [5.41, 5.74) is 0.364. The Labute approximate surface area is 228 Å². The summed E-state index contributed by atoms with van der Waals surface area (Å²) in [6.45, 7) is 3.04. The predicted octanol–water partition coefficient (Wildman–Crippen LogP) is 3.00. The molecule has 1 fully saturated rings. The van der Waals surface area contributed by atoms with Crippen molar-refractivity contribution >= 4 is 64.3 Å². The Kier molecular flexibility index (Phi) is 10.9. The molecule has 15 heteroatoms. The second-order valence-electron chi connectivity index (χ2n) is 7.67. The molecule has 2 N–H and O–H groups in total. The van der Waals surface area contributed by atoms with Crippen LogP contribution in [0.4, 0.5) is 5.69 Å². The first kappa shape index (κ1) is 30.6. The molecule has 0 saturated carbocycles. The van der Waals surface area contributed by atoms with Crippen LogP contribution in [0.25, 0.3) is 0 Å². The fraction of sp³-hybridized carbons (Fsp3) is 0.545. The van der Waals surface area contributed by atoms with Crippen LogP contribution in [0.5, 0.6) is 11.5 Å². The molecule has 0 amide bonds. The average molecular weight is 586 g/mol. The Bertz CT molecular complexity index is 1000. The van der Waals surface area contributed by atoms with Gasteiger partial charge in [-0.05, 0) is 12.1 Å². The molecule has 206 valence electrons. The lowest BCUT2D eigenvalue weighted by atomic mass is 9.95. The van der Waals surface area contributed by atoms with Gasteiger partial charge in [-0.3, -0.25) is 19.8 Å². The van der Waals surface area contributed by atoms with Crippen molar-refractivity contribution in [2.75, 3.05) is 26.1 Å². The molecule has 1 aromatic rings. The zero-order valence-electron chi connectivity index (χ0n) is 20.5. The van der Waals surface area contributed by atoms with Gasteiger partial charge in [0.05, 0.1) is 19.9 Å². The van der Waals surface area contributed by atoms with Crippen molar-refractivity contribution < 1.29 is 47.5 Å². The molecule has 1 saturated heterocycles. The molecular weight excluding hydrogens is 559 g/mol. The molecule has 37 heavy (non-hydrogen) atoms. The van der Waals surface area contributed by atoms with E-state index in [1.54, 1.807) is 18.2 Å². The average Bonchev–Trinajstić information content (AvgIpc) is 2.80. The summed E-state index contributed by atoms with van der Waals surface area (Å²) in [5.74, 6) is -2.11. The molecule has 0 radical (unpaired) electrons. The molecule has 12 nitrogen and oxygen atoms in total. The summed E-state index contributed by atoms with van der Waals surface area (Å²) in [6.07, 6.45) is -5.24. The van der Waals surface area contributed by atoms with Crippen LogP contribution in [-0.2, 0) is 38.1 Å². The molecule has 0 aromatic heterocycles. The minimum atomic E-state index is -2.26. The van der Waals surface area contributed by atoms with Gasteiger partial charge in [0.1, 0.15) is 30.3 Å². The lowest BCUT2D eigenvalue weighted by Gasteiger charge is -2.45. The van der Waals surface area contributed by atoms with E-state index in [4.69, 9.17) is 73.4 Å². The van der Waals surface area contributed by atoms with Gasteiger partial charge in [0.2, 0.25) is 12.2 Å². The van der Waals surface area contributed by atoms with Gasteiger partial charge in [-0.25, -0.2) is 0 Å². The zero-order valence-corrected chi connectivity index (χ0v) is 22.8. The maximum atomic E-state index is 12.1. The number of halogens is 3. The van der Waals surface area contributed by atoms with Gasteiger partial charge in [0.15, 0.2) is 12.2 Å². The highest BCUT2D eigenvalue weighted by atomic mass is 35.6. The molecule has 0 spiro atoms. The first-order valence-corrected chi connectivity index (χ1v) is 11.8. The van der Waals surface area contributed by atoms with Crippen molar-refractivity contribution in [2.45, 2.75) is 55.2 Å². The molecule has 0 aliphatic carbocycles. The van der Waals surface area contributed by atoms with Crippen molar-refractivity contribution in [3.63, 3.8) is 0 Å². The molecule has 0 bridgehead atoms. The van der Waals surface area contributed by atoms with E-state index < -0.39 is 64.8 Å². The third-order valence-electron chi connectivity index (χ3n) is 4.92. The maximum Gasteiger partial charge on any atom is 0.303 e. The highest BCUT2D eigenvalue weighted by Crippen LogP contribution is 2.36. The van der Waals surface area contributed by atoms with E-state index in [2.05, 4.69) is 5.32 Å². The molecule has 1 aromatic carbocycles. The van der Waals surface area contributed by atoms with Crippen LogP contribution in [0, 0.1) is 5.41 Å². The lowest BCUT2D eigenvalue weighted by molar-refractivity contribution is -0.253. The fourth-order valence-electron chi connectivity index (χ4n) is 3.44. The van der Waals surface area contributed by atoms with Crippen molar-refractivity contribution in [3.8, 4) is 11.5 Å². The Morgan fingerprint density at radius 3 is 2.11 bits per heavy atom. The van der Waals surface area contributed by atoms with E-state index in [0.717, 1.165) is 13.8 Å². The second-order valence-corrected chi connectivity index (χ2v) is 9.96. The lowest BCUT2D eigenvalue weighted by Crippen LogP contribution is -2.64. The SMILES string of the molecule is COc1ccc(N[C@H]2[C@@H](OC(=N)C(Cl)(Cl)Cl)O[C@H](COC(C)=O)[C@@H](OC(C)=O)[C@@H]2OC(C)=O)c(OC)c1. The van der Waals surface area contributed by atoms with Crippen LogP contribution in [0.2, 0.25) is 0 Å². The Balaban J connectivity index is 2.59. The number of hydrogen-bond acceptors (Lipinski definition) is 12. The van der Waals surface area contributed by atoms with Gasteiger partial charge in [-0.1, -0.05) is 34.8 Å². The van der Waals surface area contributed by atoms with E-state index in [0.29, 0.717) is 17.2 Å². The van der Waals surface area contributed by atoms with Crippen LogP contribution < -0.4 is 14.8 Å². The first-order chi connectivity index (χ1) is 17.3. The highest BCUT2D eigenvalue weighted by molar-refractivity contribution is 6.76. The summed E-state index contributed by atoms with van der Waals surface area (Å²) >= 11 is 17.4. The van der Waals surface area contributed by atoms with E-state index in [9.17, 15) is 14.4 Å². The van der Waals surface area contributed by atoms with Crippen LogP contribution in [0.15, 0.2) is 18.2 Å². The number of hydrogen-bond donors (Lipinski definition) is 2.